The molecule has 0 aromatic carbocycles. The molecule has 0 saturated heterocycles. The topological polar surface area (TPSA) is 9.23 Å². The van der Waals surface area contributed by atoms with Crippen molar-refractivity contribution in [3.05, 3.63) is 0 Å². The van der Waals surface area contributed by atoms with Crippen LogP contribution >= 0.6 is 12.9 Å². The lowest BCUT2D eigenvalue weighted by molar-refractivity contribution is 0.361. The molecule has 0 atom stereocenters. The van der Waals surface area contributed by atoms with Crippen LogP contribution in [0.4, 0.5) is 0 Å². The Morgan fingerprint density at radius 1 is 0.909 bits per heavy atom. The smallest absolute Gasteiger partial charge is 0.0610 e. The molecular weight excluding hydrogens is 156 g/mol. The van der Waals surface area contributed by atoms with Gasteiger partial charge in [-0.3, -0.25) is 0 Å². The first-order chi connectivity index (χ1) is 5.41. The van der Waals surface area contributed by atoms with Crippen molar-refractivity contribution in [2.24, 2.45) is 0 Å². The normalized spacial score (nSPS) is 10.4. The van der Waals surface area contributed by atoms with Crippen LogP contribution in [0.3, 0.4) is 0 Å². The number of hydrogen-bond donors (Lipinski definition) is 1. The van der Waals surface area contributed by atoms with Gasteiger partial charge in [-0.25, -0.2) is 0 Å². The third-order valence-electron chi connectivity index (χ3n) is 1.84. The summed E-state index contributed by atoms with van der Waals surface area (Å²) in [5.74, 6) is 0. The van der Waals surface area contributed by atoms with Gasteiger partial charge in [-0.1, -0.05) is 45.4 Å². The lowest BCUT2D eigenvalue weighted by Gasteiger charge is -1.98. The van der Waals surface area contributed by atoms with Crippen molar-refractivity contribution in [1.29, 1.82) is 0 Å². The summed E-state index contributed by atoms with van der Waals surface area (Å²) in [6.45, 7) is 3.05. The molecule has 68 valence electrons. The third-order valence-corrected chi connectivity index (χ3v) is 2.02. The average molecular weight is 176 g/mol. The maximum Gasteiger partial charge on any atom is 0.0610 e. The molecule has 0 unspecified atom stereocenters. The summed E-state index contributed by atoms with van der Waals surface area (Å²) in [5, 5.41) is 0. The molecule has 0 aliphatic rings. The van der Waals surface area contributed by atoms with E-state index in [1.54, 1.807) is 0 Å². The highest BCUT2D eigenvalue weighted by molar-refractivity contribution is 7.75. The van der Waals surface area contributed by atoms with Gasteiger partial charge in [0, 0.05) is 0 Å². The molecular formula is C9H20OS. The molecule has 0 rings (SSSR count). The fourth-order valence-corrected chi connectivity index (χ4v) is 1.25. The molecule has 2 heteroatoms. The lowest BCUT2D eigenvalue weighted by atomic mass is 10.1. The van der Waals surface area contributed by atoms with Crippen LogP contribution in [0, 0.1) is 0 Å². The van der Waals surface area contributed by atoms with Crippen LogP contribution in [-0.2, 0) is 4.18 Å². The standard InChI is InChI=1S/C9H20OS/c1-2-3-4-5-6-7-8-9-10-11/h11H,2-9H2,1H3. The van der Waals surface area contributed by atoms with Crippen LogP contribution in [0.2, 0.25) is 0 Å². The summed E-state index contributed by atoms with van der Waals surface area (Å²) < 4.78 is 4.66. The van der Waals surface area contributed by atoms with Gasteiger partial charge in [0.15, 0.2) is 0 Å². The summed E-state index contributed by atoms with van der Waals surface area (Å²) in [4.78, 5) is 0. The molecule has 0 aromatic heterocycles. The molecule has 0 spiro atoms. The second-order valence-electron chi connectivity index (χ2n) is 2.95. The van der Waals surface area contributed by atoms with Crippen molar-refractivity contribution in [3.63, 3.8) is 0 Å². The molecule has 0 N–H and O–H groups in total. The zero-order valence-electron chi connectivity index (χ0n) is 7.51. The van der Waals surface area contributed by atoms with E-state index in [-0.39, 0.29) is 0 Å². The van der Waals surface area contributed by atoms with Gasteiger partial charge in [0.1, 0.15) is 0 Å². The Labute approximate surface area is 76.1 Å². The second-order valence-corrected chi connectivity index (χ2v) is 3.21. The second kappa shape index (κ2) is 10.3. The maximum absolute atomic E-state index is 4.66. The largest absolute Gasteiger partial charge is 0.319 e. The highest BCUT2D eigenvalue weighted by atomic mass is 32.1. The summed E-state index contributed by atoms with van der Waals surface area (Å²) >= 11 is 3.68. The van der Waals surface area contributed by atoms with Crippen molar-refractivity contribution in [3.8, 4) is 0 Å². The molecule has 0 aliphatic carbocycles. The average Bonchev–Trinajstić information content (AvgIpc) is 2.03. The maximum atomic E-state index is 4.66. The Hall–Kier alpha value is 0.310. The first-order valence-corrected chi connectivity index (χ1v) is 5.04. The Balaban J connectivity index is 2.69. The number of rotatable bonds is 8. The van der Waals surface area contributed by atoms with E-state index in [0.717, 1.165) is 13.0 Å². The molecule has 0 heterocycles. The Morgan fingerprint density at radius 2 is 1.45 bits per heavy atom. The van der Waals surface area contributed by atoms with Crippen LogP contribution in [0.5, 0.6) is 0 Å². The minimum atomic E-state index is 0.802. The monoisotopic (exact) mass is 176 g/mol. The highest BCUT2D eigenvalue weighted by Crippen LogP contribution is 2.06. The van der Waals surface area contributed by atoms with Gasteiger partial charge in [-0.2, -0.15) is 0 Å². The van der Waals surface area contributed by atoms with Gasteiger partial charge < -0.3 is 4.18 Å². The Bertz CT molecular complexity index is 58.6. The minimum absolute atomic E-state index is 0.802. The summed E-state index contributed by atoms with van der Waals surface area (Å²) in [6.07, 6.45) is 9.33. The van der Waals surface area contributed by atoms with Gasteiger partial charge in [0.2, 0.25) is 0 Å². The molecule has 0 saturated carbocycles. The van der Waals surface area contributed by atoms with E-state index in [4.69, 9.17) is 0 Å². The summed E-state index contributed by atoms with van der Waals surface area (Å²) in [7, 11) is 0. The van der Waals surface area contributed by atoms with Crippen molar-refractivity contribution < 1.29 is 4.18 Å². The Morgan fingerprint density at radius 3 is 2.00 bits per heavy atom. The highest BCUT2D eigenvalue weighted by Gasteiger charge is 1.89. The van der Waals surface area contributed by atoms with E-state index in [1.165, 1.54) is 38.5 Å². The fourth-order valence-electron chi connectivity index (χ4n) is 1.12. The molecule has 0 fully saturated rings. The molecule has 1 nitrogen and oxygen atoms in total. The van der Waals surface area contributed by atoms with Crippen LogP contribution < -0.4 is 0 Å². The van der Waals surface area contributed by atoms with E-state index < -0.39 is 0 Å². The van der Waals surface area contributed by atoms with Gasteiger partial charge in [0.25, 0.3) is 0 Å². The molecule has 0 radical (unpaired) electrons. The summed E-state index contributed by atoms with van der Waals surface area (Å²) in [6, 6.07) is 0. The van der Waals surface area contributed by atoms with Gasteiger partial charge in [-0.15, -0.1) is 0 Å². The van der Waals surface area contributed by atoms with E-state index >= 15 is 0 Å². The Kier molecular flexibility index (Phi) is 10.6. The van der Waals surface area contributed by atoms with Crippen LogP contribution in [0.1, 0.15) is 51.9 Å². The SMILES string of the molecule is CCCCCCCCCOS. The van der Waals surface area contributed by atoms with Gasteiger partial charge >= 0.3 is 0 Å². The molecule has 11 heavy (non-hydrogen) atoms. The first kappa shape index (κ1) is 11.3. The minimum Gasteiger partial charge on any atom is -0.319 e. The zero-order valence-corrected chi connectivity index (χ0v) is 8.41. The molecule has 0 amide bonds. The zero-order chi connectivity index (χ0) is 8.36. The number of hydrogen-bond acceptors (Lipinski definition) is 2. The number of thiol groups is 1. The fraction of sp³-hybridized carbons (Fsp3) is 1.00. The van der Waals surface area contributed by atoms with Crippen molar-refractivity contribution >= 4 is 12.9 Å². The van der Waals surface area contributed by atoms with Crippen molar-refractivity contribution in [1.82, 2.24) is 0 Å². The van der Waals surface area contributed by atoms with E-state index in [9.17, 15) is 0 Å². The van der Waals surface area contributed by atoms with Crippen LogP contribution in [0.25, 0.3) is 0 Å². The number of unbranched alkanes of at least 4 members (excludes halogenated alkanes) is 6. The first-order valence-electron chi connectivity index (χ1n) is 4.68. The van der Waals surface area contributed by atoms with E-state index in [0.29, 0.717) is 0 Å². The van der Waals surface area contributed by atoms with Gasteiger partial charge in [-0.05, 0) is 19.3 Å². The van der Waals surface area contributed by atoms with Gasteiger partial charge in [0.05, 0.1) is 6.61 Å². The molecule has 0 aliphatic heterocycles. The van der Waals surface area contributed by atoms with Crippen LogP contribution in [-0.4, -0.2) is 6.61 Å². The lowest BCUT2D eigenvalue weighted by Crippen LogP contribution is -1.84. The predicted molar refractivity (Wildman–Crippen MR) is 52.9 cm³/mol. The predicted octanol–water partition coefficient (Wildman–Crippen LogP) is 3.60. The molecule has 0 bridgehead atoms. The van der Waals surface area contributed by atoms with Crippen molar-refractivity contribution in [2.45, 2.75) is 51.9 Å². The van der Waals surface area contributed by atoms with Crippen LogP contribution in [0.15, 0.2) is 0 Å². The quantitative estimate of drug-likeness (QED) is 0.338. The van der Waals surface area contributed by atoms with E-state index in [2.05, 4.69) is 24.0 Å². The third kappa shape index (κ3) is 10.3. The summed E-state index contributed by atoms with van der Waals surface area (Å²) in [5.41, 5.74) is 0. The van der Waals surface area contributed by atoms with Crippen molar-refractivity contribution in [2.75, 3.05) is 6.61 Å². The van der Waals surface area contributed by atoms with E-state index in [1.807, 2.05) is 0 Å². The molecule has 0 aromatic rings.